The van der Waals surface area contributed by atoms with Crippen molar-refractivity contribution >= 4 is 11.9 Å². The van der Waals surface area contributed by atoms with E-state index in [0.717, 1.165) is 0 Å². The number of amides is 1. The van der Waals surface area contributed by atoms with Gasteiger partial charge >= 0.3 is 5.97 Å². The summed E-state index contributed by atoms with van der Waals surface area (Å²) in [6.07, 6.45) is -0.977. The van der Waals surface area contributed by atoms with E-state index < -0.39 is 23.9 Å². The molecule has 0 saturated heterocycles. The molecule has 0 aromatic heterocycles. The molecule has 22 heavy (non-hydrogen) atoms. The van der Waals surface area contributed by atoms with Crippen LogP contribution in [0.2, 0.25) is 0 Å². The Bertz CT molecular complexity index is 695. The van der Waals surface area contributed by atoms with Crippen molar-refractivity contribution in [2.75, 3.05) is 0 Å². The highest BCUT2D eigenvalue weighted by molar-refractivity contribution is 5.88. The lowest BCUT2D eigenvalue weighted by atomic mass is 9.88. The van der Waals surface area contributed by atoms with Crippen molar-refractivity contribution in [3.8, 4) is 11.5 Å². The molecule has 0 bridgehead atoms. The average Bonchev–Trinajstić information content (AvgIpc) is 2.52. The Morgan fingerprint density at radius 1 is 1.05 bits per heavy atom. The van der Waals surface area contributed by atoms with Crippen LogP contribution in [0.25, 0.3) is 0 Å². The minimum atomic E-state index is -0.977. The zero-order valence-electron chi connectivity index (χ0n) is 12.0. The summed E-state index contributed by atoms with van der Waals surface area (Å²) < 4.78 is 11.0. The highest BCUT2D eigenvalue weighted by atomic mass is 16.5. The lowest BCUT2D eigenvalue weighted by Gasteiger charge is -2.27. The summed E-state index contributed by atoms with van der Waals surface area (Å²) in [4.78, 5) is 23.7. The number of hydrogen-bond donors (Lipinski definition) is 1. The van der Waals surface area contributed by atoms with Gasteiger partial charge in [-0.05, 0) is 19.1 Å². The van der Waals surface area contributed by atoms with Crippen molar-refractivity contribution in [3.05, 3.63) is 59.7 Å². The first-order chi connectivity index (χ1) is 10.6. The van der Waals surface area contributed by atoms with Gasteiger partial charge in [0.1, 0.15) is 17.4 Å². The van der Waals surface area contributed by atoms with Crippen LogP contribution in [-0.2, 0) is 14.3 Å². The minimum absolute atomic E-state index is 0.519. The number of carbonyl (C=O) groups is 2. The molecule has 0 spiro atoms. The largest absolute Gasteiger partial charge is 0.457 e. The molecule has 2 aromatic rings. The summed E-state index contributed by atoms with van der Waals surface area (Å²) in [5, 5.41) is 0. The smallest absolute Gasteiger partial charge is 0.318 e. The molecule has 0 aliphatic carbocycles. The van der Waals surface area contributed by atoms with Crippen LogP contribution in [0, 0.1) is 0 Å². The van der Waals surface area contributed by atoms with E-state index in [4.69, 9.17) is 15.2 Å². The third-order valence-electron chi connectivity index (χ3n) is 3.61. The summed E-state index contributed by atoms with van der Waals surface area (Å²) in [7, 11) is 0. The second-order valence-corrected chi connectivity index (χ2v) is 5.09. The molecular weight excluding hydrogens is 282 g/mol. The molecule has 5 nitrogen and oxygen atoms in total. The van der Waals surface area contributed by atoms with Gasteiger partial charge in [0.25, 0.3) is 5.91 Å². The molecule has 0 saturated carbocycles. The van der Waals surface area contributed by atoms with E-state index in [2.05, 4.69) is 0 Å². The number of hydrogen-bond acceptors (Lipinski definition) is 4. The number of para-hydroxylation sites is 2. The van der Waals surface area contributed by atoms with Gasteiger partial charge in [0.15, 0.2) is 6.10 Å². The van der Waals surface area contributed by atoms with E-state index in [1.54, 1.807) is 12.1 Å². The summed E-state index contributed by atoms with van der Waals surface area (Å²) in [6.45, 7) is 1.46. The van der Waals surface area contributed by atoms with Gasteiger partial charge in [0.05, 0.1) is 0 Å². The number of esters is 1. The van der Waals surface area contributed by atoms with Crippen LogP contribution in [-0.4, -0.2) is 18.0 Å². The maximum absolute atomic E-state index is 12.6. The van der Waals surface area contributed by atoms with Gasteiger partial charge in [-0.2, -0.15) is 0 Å². The fourth-order valence-corrected chi connectivity index (χ4v) is 2.46. The van der Waals surface area contributed by atoms with E-state index in [9.17, 15) is 9.59 Å². The predicted molar refractivity (Wildman–Crippen MR) is 79.5 cm³/mol. The summed E-state index contributed by atoms with van der Waals surface area (Å²) >= 11 is 0. The van der Waals surface area contributed by atoms with Crippen molar-refractivity contribution in [3.63, 3.8) is 0 Å². The van der Waals surface area contributed by atoms with Crippen LogP contribution in [0.15, 0.2) is 48.5 Å². The normalized spacial score (nSPS) is 14.2. The number of benzene rings is 2. The molecule has 0 unspecified atom stereocenters. The monoisotopic (exact) mass is 297 g/mol. The maximum atomic E-state index is 12.6. The fourth-order valence-electron chi connectivity index (χ4n) is 2.46. The van der Waals surface area contributed by atoms with Gasteiger partial charge in [-0.15, -0.1) is 0 Å². The van der Waals surface area contributed by atoms with E-state index in [0.29, 0.717) is 22.6 Å². The van der Waals surface area contributed by atoms with E-state index in [1.165, 1.54) is 6.92 Å². The summed E-state index contributed by atoms with van der Waals surface area (Å²) in [5.74, 6) is -0.621. The van der Waals surface area contributed by atoms with Crippen LogP contribution in [0.5, 0.6) is 11.5 Å². The van der Waals surface area contributed by atoms with Gasteiger partial charge < -0.3 is 15.2 Å². The highest BCUT2D eigenvalue weighted by Crippen LogP contribution is 2.44. The Morgan fingerprint density at radius 2 is 1.55 bits per heavy atom. The molecule has 0 fully saturated rings. The Morgan fingerprint density at radius 3 is 2.05 bits per heavy atom. The number of rotatable bonds is 3. The third-order valence-corrected chi connectivity index (χ3v) is 3.61. The van der Waals surface area contributed by atoms with Crippen LogP contribution >= 0.6 is 0 Å². The Labute approximate surface area is 127 Å². The highest BCUT2D eigenvalue weighted by Gasteiger charge is 2.34. The molecule has 1 aliphatic heterocycles. The molecule has 1 amide bonds. The van der Waals surface area contributed by atoms with Gasteiger partial charge in [0, 0.05) is 11.1 Å². The second kappa shape index (κ2) is 5.52. The van der Waals surface area contributed by atoms with Crippen molar-refractivity contribution in [2.24, 2.45) is 5.73 Å². The number of primary amides is 1. The SMILES string of the molecule is C[C@H](OC(=O)C1c2ccccc2Oc2ccccc21)C(N)=O. The zero-order chi connectivity index (χ0) is 15.7. The van der Waals surface area contributed by atoms with Gasteiger partial charge in [0.2, 0.25) is 0 Å². The molecule has 1 atom stereocenters. The number of fused-ring (bicyclic) bond motifs is 2. The first-order valence-corrected chi connectivity index (χ1v) is 6.93. The molecule has 112 valence electrons. The van der Waals surface area contributed by atoms with E-state index in [-0.39, 0.29) is 0 Å². The first-order valence-electron chi connectivity index (χ1n) is 6.93. The first kappa shape index (κ1) is 14.1. The second-order valence-electron chi connectivity index (χ2n) is 5.09. The standard InChI is InChI=1S/C17H15NO4/c1-10(16(18)19)21-17(20)15-11-6-2-4-8-13(11)22-14-9-5-3-7-12(14)15/h2-10,15H,1H3,(H2,18,19)/t10-/m0/s1. The topological polar surface area (TPSA) is 78.6 Å². The maximum Gasteiger partial charge on any atom is 0.318 e. The Kier molecular flexibility index (Phi) is 3.55. The fraction of sp³-hybridized carbons (Fsp3) is 0.176. The number of carbonyl (C=O) groups excluding carboxylic acids is 2. The molecule has 5 heteroatoms. The Balaban J connectivity index is 2.03. The molecular formula is C17H15NO4. The quantitative estimate of drug-likeness (QED) is 0.882. The number of ether oxygens (including phenoxy) is 2. The van der Waals surface area contributed by atoms with E-state index in [1.807, 2.05) is 36.4 Å². The molecule has 2 aromatic carbocycles. The zero-order valence-corrected chi connectivity index (χ0v) is 12.0. The molecule has 0 radical (unpaired) electrons. The lowest BCUT2D eigenvalue weighted by molar-refractivity contribution is -0.154. The van der Waals surface area contributed by atoms with Crippen LogP contribution in [0.4, 0.5) is 0 Å². The summed E-state index contributed by atoms with van der Waals surface area (Å²) in [5.41, 5.74) is 6.58. The van der Waals surface area contributed by atoms with Crippen molar-refractivity contribution in [1.29, 1.82) is 0 Å². The Hall–Kier alpha value is -2.82. The van der Waals surface area contributed by atoms with Gasteiger partial charge in [-0.1, -0.05) is 36.4 Å². The molecule has 2 N–H and O–H groups in total. The van der Waals surface area contributed by atoms with Crippen LogP contribution in [0.3, 0.4) is 0 Å². The molecule has 3 rings (SSSR count). The average molecular weight is 297 g/mol. The van der Waals surface area contributed by atoms with Gasteiger partial charge in [-0.25, -0.2) is 0 Å². The molecule has 1 aliphatic rings. The van der Waals surface area contributed by atoms with Crippen molar-refractivity contribution < 1.29 is 19.1 Å². The van der Waals surface area contributed by atoms with Crippen LogP contribution < -0.4 is 10.5 Å². The number of nitrogens with two attached hydrogens (primary N) is 1. The van der Waals surface area contributed by atoms with Crippen LogP contribution in [0.1, 0.15) is 24.0 Å². The van der Waals surface area contributed by atoms with Gasteiger partial charge in [-0.3, -0.25) is 9.59 Å². The summed E-state index contributed by atoms with van der Waals surface area (Å²) in [6, 6.07) is 14.5. The lowest BCUT2D eigenvalue weighted by Crippen LogP contribution is -2.33. The molecule has 1 heterocycles. The van der Waals surface area contributed by atoms with Crippen molar-refractivity contribution in [2.45, 2.75) is 18.9 Å². The van der Waals surface area contributed by atoms with Crippen molar-refractivity contribution in [1.82, 2.24) is 0 Å². The van der Waals surface area contributed by atoms with E-state index >= 15 is 0 Å². The predicted octanol–water partition coefficient (Wildman–Crippen LogP) is 2.34. The third kappa shape index (κ3) is 2.41. The minimum Gasteiger partial charge on any atom is -0.457 e.